The summed E-state index contributed by atoms with van der Waals surface area (Å²) in [5.41, 5.74) is 7.17. The van der Waals surface area contributed by atoms with E-state index in [1.54, 1.807) is 31.2 Å². The van der Waals surface area contributed by atoms with Crippen LogP contribution in [0.4, 0.5) is 0 Å². The van der Waals surface area contributed by atoms with Gasteiger partial charge in [0.15, 0.2) is 0 Å². The molecule has 0 unspecified atom stereocenters. The first-order chi connectivity index (χ1) is 7.67. The lowest BCUT2D eigenvalue weighted by Gasteiger charge is -2.10. The highest BCUT2D eigenvalue weighted by Gasteiger charge is 2.14. The van der Waals surface area contributed by atoms with Crippen molar-refractivity contribution in [3.05, 3.63) is 35.4 Å². The molecular weight excluding hydrogens is 240 g/mol. The molecule has 5 heteroatoms. The Bertz CT molecular complexity index is 398. The number of ether oxygens (including phenoxy) is 1. The Hall–Kier alpha value is -1.57. The minimum absolute atomic E-state index is 0. The molecular formula is C12H15ClN2O2. The van der Waals surface area contributed by atoms with Crippen LogP contribution in [0.1, 0.15) is 18.1 Å². The predicted molar refractivity (Wildman–Crippen MR) is 66.7 cm³/mol. The highest BCUT2D eigenvalue weighted by molar-refractivity contribution is 5.85. The predicted octanol–water partition coefficient (Wildman–Crippen LogP) is 1.41. The number of nitriles is 1. The highest BCUT2D eigenvalue weighted by atomic mass is 35.5. The van der Waals surface area contributed by atoms with Crippen LogP contribution < -0.4 is 5.73 Å². The fourth-order valence-electron chi connectivity index (χ4n) is 1.30. The minimum Gasteiger partial charge on any atom is -0.465 e. The molecule has 0 spiro atoms. The van der Waals surface area contributed by atoms with Crippen LogP contribution in [0.15, 0.2) is 24.3 Å². The van der Waals surface area contributed by atoms with Crippen molar-refractivity contribution in [2.75, 3.05) is 6.61 Å². The minimum atomic E-state index is -0.645. The van der Waals surface area contributed by atoms with E-state index in [4.69, 9.17) is 15.7 Å². The SMILES string of the molecule is CCOC(=O)[C@@H](N)Cc1ccc(C#N)cc1.Cl. The van der Waals surface area contributed by atoms with Crippen LogP contribution in [0, 0.1) is 11.3 Å². The Morgan fingerprint density at radius 1 is 1.47 bits per heavy atom. The number of hydrogen-bond donors (Lipinski definition) is 1. The zero-order valence-corrected chi connectivity index (χ0v) is 10.4. The molecule has 92 valence electrons. The number of hydrogen-bond acceptors (Lipinski definition) is 4. The third kappa shape index (κ3) is 4.85. The molecule has 0 radical (unpaired) electrons. The van der Waals surface area contributed by atoms with Gasteiger partial charge in [-0.3, -0.25) is 4.79 Å². The van der Waals surface area contributed by atoms with Crippen molar-refractivity contribution in [1.82, 2.24) is 0 Å². The van der Waals surface area contributed by atoms with E-state index in [-0.39, 0.29) is 12.4 Å². The second kappa shape index (κ2) is 7.66. The average Bonchev–Trinajstić information content (AvgIpc) is 2.30. The molecule has 0 saturated carbocycles. The molecule has 0 fully saturated rings. The average molecular weight is 255 g/mol. The van der Waals surface area contributed by atoms with Gasteiger partial charge in [-0.1, -0.05) is 12.1 Å². The molecule has 1 rings (SSSR count). The van der Waals surface area contributed by atoms with Crippen molar-refractivity contribution in [2.24, 2.45) is 5.73 Å². The summed E-state index contributed by atoms with van der Waals surface area (Å²) in [5, 5.41) is 8.62. The van der Waals surface area contributed by atoms with Crippen molar-refractivity contribution >= 4 is 18.4 Å². The zero-order chi connectivity index (χ0) is 12.0. The molecule has 0 heterocycles. The van der Waals surface area contributed by atoms with Gasteiger partial charge in [0.1, 0.15) is 6.04 Å². The number of nitrogens with zero attached hydrogens (tertiary/aromatic N) is 1. The lowest BCUT2D eigenvalue weighted by molar-refractivity contribution is -0.144. The molecule has 2 N–H and O–H groups in total. The van der Waals surface area contributed by atoms with Crippen molar-refractivity contribution in [2.45, 2.75) is 19.4 Å². The maximum atomic E-state index is 11.3. The third-order valence-corrected chi connectivity index (χ3v) is 2.13. The number of rotatable bonds is 4. The van der Waals surface area contributed by atoms with E-state index in [1.165, 1.54) is 0 Å². The summed E-state index contributed by atoms with van der Waals surface area (Å²) >= 11 is 0. The summed E-state index contributed by atoms with van der Waals surface area (Å²) in [4.78, 5) is 11.3. The van der Waals surface area contributed by atoms with Crippen LogP contribution in [0.3, 0.4) is 0 Å². The molecule has 1 aromatic rings. The quantitative estimate of drug-likeness (QED) is 0.825. The normalized spacial score (nSPS) is 10.9. The van der Waals surface area contributed by atoms with Gasteiger partial charge in [0.25, 0.3) is 0 Å². The van der Waals surface area contributed by atoms with Gasteiger partial charge in [0.05, 0.1) is 18.2 Å². The Kier molecular flexibility index (Phi) is 6.95. The second-order valence-electron chi connectivity index (χ2n) is 3.37. The first-order valence-corrected chi connectivity index (χ1v) is 5.08. The van der Waals surface area contributed by atoms with Gasteiger partial charge < -0.3 is 10.5 Å². The zero-order valence-electron chi connectivity index (χ0n) is 9.55. The van der Waals surface area contributed by atoms with Gasteiger partial charge in [-0.2, -0.15) is 5.26 Å². The molecule has 1 atom stereocenters. The fourth-order valence-corrected chi connectivity index (χ4v) is 1.30. The Morgan fingerprint density at radius 3 is 2.53 bits per heavy atom. The summed E-state index contributed by atoms with van der Waals surface area (Å²) < 4.78 is 4.80. The van der Waals surface area contributed by atoms with Gasteiger partial charge >= 0.3 is 5.97 Å². The summed E-state index contributed by atoms with van der Waals surface area (Å²) in [6, 6.07) is 8.36. The van der Waals surface area contributed by atoms with Gasteiger partial charge in [-0.25, -0.2) is 0 Å². The standard InChI is InChI=1S/C12H14N2O2.ClH/c1-2-16-12(15)11(14)7-9-3-5-10(8-13)6-4-9;/h3-6,11H,2,7,14H2,1H3;1H/t11-;/m0./s1. The van der Waals surface area contributed by atoms with E-state index in [0.717, 1.165) is 5.56 Å². The van der Waals surface area contributed by atoms with Crippen molar-refractivity contribution < 1.29 is 9.53 Å². The smallest absolute Gasteiger partial charge is 0.323 e. The van der Waals surface area contributed by atoms with Gasteiger partial charge in [-0.15, -0.1) is 12.4 Å². The van der Waals surface area contributed by atoms with Crippen LogP contribution in [0.2, 0.25) is 0 Å². The molecule has 0 saturated heterocycles. The second-order valence-corrected chi connectivity index (χ2v) is 3.37. The Morgan fingerprint density at radius 2 is 2.06 bits per heavy atom. The number of carbonyl (C=O) groups excluding carboxylic acids is 1. The van der Waals surface area contributed by atoms with E-state index < -0.39 is 12.0 Å². The van der Waals surface area contributed by atoms with Crippen LogP contribution in [-0.4, -0.2) is 18.6 Å². The molecule has 0 aromatic heterocycles. The fraction of sp³-hybridized carbons (Fsp3) is 0.333. The van der Waals surface area contributed by atoms with Crippen molar-refractivity contribution in [1.29, 1.82) is 5.26 Å². The maximum Gasteiger partial charge on any atom is 0.323 e. The summed E-state index contributed by atoms with van der Waals surface area (Å²) in [5.74, 6) is -0.396. The van der Waals surface area contributed by atoms with Crippen LogP contribution >= 0.6 is 12.4 Å². The number of nitrogens with two attached hydrogens (primary N) is 1. The van der Waals surface area contributed by atoms with E-state index >= 15 is 0 Å². The van der Waals surface area contributed by atoms with Gasteiger partial charge in [0, 0.05) is 0 Å². The first-order valence-electron chi connectivity index (χ1n) is 5.08. The molecule has 4 nitrogen and oxygen atoms in total. The van der Waals surface area contributed by atoms with Gasteiger partial charge in [0.2, 0.25) is 0 Å². The number of carbonyl (C=O) groups is 1. The highest BCUT2D eigenvalue weighted by Crippen LogP contribution is 2.06. The molecule has 0 aliphatic rings. The van der Waals surface area contributed by atoms with E-state index in [9.17, 15) is 4.79 Å². The molecule has 0 aliphatic carbocycles. The van der Waals surface area contributed by atoms with Crippen LogP contribution in [-0.2, 0) is 16.0 Å². The largest absolute Gasteiger partial charge is 0.465 e. The first kappa shape index (κ1) is 15.4. The molecule has 0 bridgehead atoms. The monoisotopic (exact) mass is 254 g/mol. The molecule has 1 aromatic carbocycles. The van der Waals surface area contributed by atoms with Crippen molar-refractivity contribution in [3.8, 4) is 6.07 Å². The Labute approximate surface area is 107 Å². The van der Waals surface area contributed by atoms with Crippen LogP contribution in [0.25, 0.3) is 0 Å². The van der Waals surface area contributed by atoms with E-state index in [0.29, 0.717) is 18.6 Å². The molecule has 0 aliphatic heterocycles. The number of esters is 1. The summed E-state index contributed by atoms with van der Waals surface area (Å²) in [7, 11) is 0. The lowest BCUT2D eigenvalue weighted by atomic mass is 10.1. The summed E-state index contributed by atoms with van der Waals surface area (Å²) in [6.07, 6.45) is 0.421. The lowest BCUT2D eigenvalue weighted by Crippen LogP contribution is -2.34. The van der Waals surface area contributed by atoms with E-state index in [1.807, 2.05) is 6.07 Å². The molecule has 0 amide bonds. The summed E-state index contributed by atoms with van der Waals surface area (Å²) in [6.45, 7) is 2.08. The third-order valence-electron chi connectivity index (χ3n) is 2.13. The number of benzene rings is 1. The van der Waals surface area contributed by atoms with Crippen LogP contribution in [0.5, 0.6) is 0 Å². The Balaban J connectivity index is 0.00000256. The maximum absolute atomic E-state index is 11.3. The van der Waals surface area contributed by atoms with Gasteiger partial charge in [-0.05, 0) is 31.0 Å². The van der Waals surface area contributed by atoms with E-state index in [2.05, 4.69) is 0 Å². The molecule has 17 heavy (non-hydrogen) atoms. The van der Waals surface area contributed by atoms with Crippen molar-refractivity contribution in [3.63, 3.8) is 0 Å². The topological polar surface area (TPSA) is 76.1 Å². The number of halogens is 1.